The lowest BCUT2D eigenvalue weighted by Crippen LogP contribution is -2.07. The van der Waals surface area contributed by atoms with E-state index in [0.717, 1.165) is 33.5 Å². The third-order valence-electron chi connectivity index (χ3n) is 3.76. The Bertz CT molecular complexity index is 902. The molecule has 114 valence electrons. The molecule has 6 heteroatoms. The lowest BCUT2D eigenvalue weighted by Gasteiger charge is -2.13. The molecule has 2 heterocycles. The van der Waals surface area contributed by atoms with E-state index in [-0.39, 0.29) is 0 Å². The van der Waals surface area contributed by atoms with Crippen molar-refractivity contribution < 1.29 is 0 Å². The van der Waals surface area contributed by atoms with Crippen LogP contribution in [0.4, 0.5) is 0 Å². The normalized spacial score (nSPS) is 13.0. The fraction of sp³-hybridized carbons (Fsp3) is 0.118. The maximum Gasteiger partial charge on any atom is 0.195 e. The van der Waals surface area contributed by atoms with Crippen LogP contribution in [-0.2, 0) is 6.54 Å². The van der Waals surface area contributed by atoms with Gasteiger partial charge in [0.1, 0.15) is 6.54 Å². The number of aliphatic imine (C=N–C) groups is 1. The highest BCUT2D eigenvalue weighted by molar-refractivity contribution is 7.98. The molecule has 0 spiro atoms. The standard InChI is InChI=1S/C17H13ClN4S/c1-23-17-21-20-15-10-19-16(11-5-3-2-4-6-11)13-9-12(18)7-8-14(13)22(15)17/h2-9H,10H2,1H3. The van der Waals surface area contributed by atoms with Gasteiger partial charge in [0.15, 0.2) is 11.0 Å². The van der Waals surface area contributed by atoms with Gasteiger partial charge in [-0.25, -0.2) is 0 Å². The maximum atomic E-state index is 6.26. The first-order valence-corrected chi connectivity index (χ1v) is 8.76. The van der Waals surface area contributed by atoms with Crippen LogP contribution in [0.3, 0.4) is 0 Å². The summed E-state index contributed by atoms with van der Waals surface area (Å²) in [6, 6.07) is 16.0. The highest BCUT2D eigenvalue weighted by Gasteiger charge is 2.22. The Labute approximate surface area is 143 Å². The van der Waals surface area contributed by atoms with Gasteiger partial charge in [0.05, 0.1) is 11.4 Å². The summed E-state index contributed by atoms with van der Waals surface area (Å²) in [5, 5.41) is 10.1. The second-order valence-electron chi connectivity index (χ2n) is 5.13. The van der Waals surface area contributed by atoms with Crippen molar-refractivity contribution >= 4 is 29.1 Å². The highest BCUT2D eigenvalue weighted by Crippen LogP contribution is 2.30. The van der Waals surface area contributed by atoms with Gasteiger partial charge in [0.2, 0.25) is 0 Å². The van der Waals surface area contributed by atoms with E-state index in [1.807, 2.05) is 42.7 Å². The van der Waals surface area contributed by atoms with Gasteiger partial charge in [-0.05, 0) is 24.5 Å². The van der Waals surface area contributed by atoms with Crippen LogP contribution in [0.5, 0.6) is 0 Å². The van der Waals surface area contributed by atoms with E-state index in [2.05, 4.69) is 26.9 Å². The van der Waals surface area contributed by atoms with Crippen LogP contribution in [0.1, 0.15) is 17.0 Å². The zero-order valence-electron chi connectivity index (χ0n) is 12.4. The number of rotatable bonds is 2. The fourth-order valence-electron chi connectivity index (χ4n) is 2.75. The zero-order chi connectivity index (χ0) is 15.8. The van der Waals surface area contributed by atoms with Crippen molar-refractivity contribution in [3.8, 4) is 5.69 Å². The number of fused-ring (bicyclic) bond motifs is 3. The van der Waals surface area contributed by atoms with Gasteiger partial charge in [-0.2, -0.15) is 0 Å². The molecule has 3 aromatic rings. The van der Waals surface area contributed by atoms with E-state index in [0.29, 0.717) is 11.6 Å². The summed E-state index contributed by atoms with van der Waals surface area (Å²) in [6.07, 6.45) is 2.00. The van der Waals surface area contributed by atoms with Crippen molar-refractivity contribution in [3.63, 3.8) is 0 Å². The summed E-state index contributed by atoms with van der Waals surface area (Å²) < 4.78 is 2.07. The third kappa shape index (κ3) is 2.46. The van der Waals surface area contributed by atoms with Gasteiger partial charge >= 0.3 is 0 Å². The van der Waals surface area contributed by atoms with Crippen molar-refractivity contribution in [3.05, 3.63) is 70.5 Å². The molecule has 4 nitrogen and oxygen atoms in total. The van der Waals surface area contributed by atoms with Crippen molar-refractivity contribution in [2.45, 2.75) is 11.7 Å². The lowest BCUT2D eigenvalue weighted by atomic mass is 10.0. The van der Waals surface area contributed by atoms with Gasteiger partial charge in [-0.1, -0.05) is 53.7 Å². The van der Waals surface area contributed by atoms with E-state index in [4.69, 9.17) is 16.6 Å². The molecule has 0 N–H and O–H groups in total. The second kappa shape index (κ2) is 5.83. The smallest absolute Gasteiger partial charge is 0.195 e. The molecule has 0 atom stereocenters. The SMILES string of the molecule is CSc1nnc2n1-c1ccc(Cl)cc1C(c1ccccc1)=NC2. The first kappa shape index (κ1) is 14.5. The minimum absolute atomic E-state index is 0.490. The zero-order valence-corrected chi connectivity index (χ0v) is 14.0. The molecule has 0 saturated carbocycles. The Morgan fingerprint density at radius 3 is 2.70 bits per heavy atom. The Balaban J connectivity index is 2.00. The molecule has 1 aliphatic heterocycles. The molecule has 0 bridgehead atoms. The summed E-state index contributed by atoms with van der Waals surface area (Å²) in [5.74, 6) is 0.837. The average molecular weight is 341 g/mol. The van der Waals surface area contributed by atoms with Crippen molar-refractivity contribution in [1.82, 2.24) is 14.8 Å². The molecule has 1 aromatic heterocycles. The van der Waals surface area contributed by atoms with Crippen molar-refractivity contribution in [2.24, 2.45) is 4.99 Å². The van der Waals surface area contributed by atoms with Crippen LogP contribution < -0.4 is 0 Å². The Morgan fingerprint density at radius 2 is 1.91 bits per heavy atom. The first-order valence-electron chi connectivity index (χ1n) is 7.16. The summed E-state index contributed by atoms with van der Waals surface area (Å²) in [6.45, 7) is 0.490. The molecular weight excluding hydrogens is 328 g/mol. The predicted molar refractivity (Wildman–Crippen MR) is 93.9 cm³/mol. The molecule has 1 aliphatic rings. The van der Waals surface area contributed by atoms with E-state index >= 15 is 0 Å². The fourth-order valence-corrected chi connectivity index (χ4v) is 3.43. The molecule has 0 amide bonds. The molecular formula is C17H13ClN4S. The molecule has 0 saturated heterocycles. The topological polar surface area (TPSA) is 43.1 Å². The first-order chi connectivity index (χ1) is 11.3. The summed E-state index contributed by atoms with van der Waals surface area (Å²) in [5.41, 5.74) is 4.01. The van der Waals surface area contributed by atoms with E-state index in [1.54, 1.807) is 11.8 Å². The highest BCUT2D eigenvalue weighted by atomic mass is 35.5. The number of hydrogen-bond donors (Lipinski definition) is 0. The number of benzene rings is 2. The van der Waals surface area contributed by atoms with E-state index in [9.17, 15) is 0 Å². The minimum atomic E-state index is 0.490. The molecule has 0 unspecified atom stereocenters. The average Bonchev–Trinajstić information content (AvgIpc) is 2.92. The molecule has 2 aromatic carbocycles. The van der Waals surface area contributed by atoms with Crippen LogP contribution in [0.15, 0.2) is 58.7 Å². The Kier molecular flexibility index (Phi) is 3.67. The monoisotopic (exact) mass is 340 g/mol. The van der Waals surface area contributed by atoms with Crippen LogP contribution in [0, 0.1) is 0 Å². The van der Waals surface area contributed by atoms with E-state index < -0.39 is 0 Å². The summed E-state index contributed by atoms with van der Waals surface area (Å²) in [4.78, 5) is 4.79. The number of halogens is 1. The molecule has 0 radical (unpaired) electrons. The van der Waals surface area contributed by atoms with Crippen molar-refractivity contribution in [1.29, 1.82) is 0 Å². The molecule has 0 fully saturated rings. The Hall–Kier alpha value is -2.11. The number of aromatic nitrogens is 3. The van der Waals surface area contributed by atoms with Crippen molar-refractivity contribution in [2.75, 3.05) is 6.26 Å². The maximum absolute atomic E-state index is 6.26. The third-order valence-corrected chi connectivity index (χ3v) is 4.63. The molecule has 0 aliphatic carbocycles. The van der Waals surface area contributed by atoms with E-state index in [1.165, 1.54) is 0 Å². The lowest BCUT2D eigenvalue weighted by molar-refractivity contribution is 0.834. The number of hydrogen-bond acceptors (Lipinski definition) is 4. The second-order valence-corrected chi connectivity index (χ2v) is 6.34. The molecule has 23 heavy (non-hydrogen) atoms. The Morgan fingerprint density at radius 1 is 1.09 bits per heavy atom. The largest absolute Gasteiger partial charge is 0.276 e. The van der Waals surface area contributed by atoms with Gasteiger partial charge < -0.3 is 0 Å². The van der Waals surface area contributed by atoms with Crippen LogP contribution in [-0.4, -0.2) is 26.7 Å². The number of nitrogens with zero attached hydrogens (tertiary/aromatic N) is 4. The summed E-state index contributed by atoms with van der Waals surface area (Å²) in [7, 11) is 0. The predicted octanol–water partition coefficient (Wildman–Crippen LogP) is 3.99. The quantitative estimate of drug-likeness (QED) is 0.662. The van der Waals surface area contributed by atoms with Gasteiger partial charge in [-0.15, -0.1) is 10.2 Å². The van der Waals surface area contributed by atoms with Gasteiger partial charge in [0, 0.05) is 16.1 Å². The van der Waals surface area contributed by atoms with Crippen LogP contribution in [0.2, 0.25) is 5.02 Å². The molecule has 4 rings (SSSR count). The number of thioether (sulfide) groups is 1. The van der Waals surface area contributed by atoms with Gasteiger partial charge in [-0.3, -0.25) is 9.56 Å². The summed E-state index contributed by atoms with van der Waals surface area (Å²) >= 11 is 7.83. The minimum Gasteiger partial charge on any atom is -0.276 e. The van der Waals surface area contributed by atoms with Gasteiger partial charge in [0.25, 0.3) is 0 Å². The van der Waals surface area contributed by atoms with Crippen LogP contribution in [0.25, 0.3) is 5.69 Å². The van der Waals surface area contributed by atoms with Crippen LogP contribution >= 0.6 is 23.4 Å².